The van der Waals surface area contributed by atoms with Gasteiger partial charge in [0.25, 0.3) is 5.89 Å². The summed E-state index contributed by atoms with van der Waals surface area (Å²) in [6.07, 6.45) is 0.0202. The molecule has 0 spiro atoms. The number of nitrogens with zero attached hydrogens (tertiary/aromatic N) is 2. The first-order valence-corrected chi connectivity index (χ1v) is 13.1. The Morgan fingerprint density at radius 2 is 1.83 bits per heavy atom. The Balaban J connectivity index is 1.90. The molecule has 0 N–H and O–H groups in total. The molecule has 0 amide bonds. The Hall–Kier alpha value is -2.62. The van der Waals surface area contributed by atoms with Gasteiger partial charge in [0.1, 0.15) is 19.6 Å². The molecule has 0 unspecified atom stereocenters. The van der Waals surface area contributed by atoms with Crippen molar-refractivity contribution in [3.8, 4) is 40.1 Å². The van der Waals surface area contributed by atoms with Gasteiger partial charge in [-0.05, 0) is 50.2 Å². The summed E-state index contributed by atoms with van der Waals surface area (Å²) in [5.41, 5.74) is 4.80. The molecule has 0 fully saturated rings. The Morgan fingerprint density at radius 1 is 1.10 bits per heavy atom. The van der Waals surface area contributed by atoms with E-state index in [1.54, 1.807) is 24.3 Å². The van der Waals surface area contributed by atoms with E-state index in [0.717, 1.165) is 0 Å². The maximum Gasteiger partial charge on any atom is 0.258 e. The van der Waals surface area contributed by atoms with Gasteiger partial charge < -0.3 is 9.26 Å². The minimum Gasteiger partial charge on any atom is -0.489 e. The molecule has 3 aromatic rings. The van der Waals surface area contributed by atoms with E-state index in [1.807, 2.05) is 19.9 Å². The highest BCUT2D eigenvalue weighted by atomic mass is 35.5. The van der Waals surface area contributed by atoms with Gasteiger partial charge in [-0.1, -0.05) is 42.3 Å². The van der Waals surface area contributed by atoms with Crippen LogP contribution >= 0.6 is 11.6 Å². The topological polar surface area (TPSA) is 48.2 Å². The third-order valence-electron chi connectivity index (χ3n) is 3.76. The molecule has 29 heavy (non-hydrogen) atoms. The highest BCUT2D eigenvalue weighted by Gasteiger charge is 2.15. The van der Waals surface area contributed by atoms with Crippen LogP contribution in [0.1, 0.15) is 19.4 Å². The lowest BCUT2D eigenvalue weighted by atomic mass is 10.1. The first-order chi connectivity index (χ1) is 13.6. The smallest absolute Gasteiger partial charge is 0.258 e. The molecule has 0 aliphatic rings. The summed E-state index contributed by atoms with van der Waals surface area (Å²) in [6, 6.07) is 9.90. The molecule has 0 saturated carbocycles. The van der Waals surface area contributed by atoms with E-state index in [0.29, 0.717) is 33.3 Å². The van der Waals surface area contributed by atoms with Crippen molar-refractivity contribution in [3.05, 3.63) is 52.8 Å². The monoisotopic (exact) mass is 428 g/mol. The van der Waals surface area contributed by atoms with Crippen LogP contribution in [0.25, 0.3) is 22.8 Å². The molecule has 0 aliphatic carbocycles. The van der Waals surface area contributed by atoms with Gasteiger partial charge in [0, 0.05) is 11.1 Å². The highest BCUT2D eigenvalue weighted by molar-refractivity contribution is 6.83. The van der Waals surface area contributed by atoms with Crippen LogP contribution in [0, 0.1) is 17.3 Å². The van der Waals surface area contributed by atoms with Gasteiger partial charge in [0.15, 0.2) is 0 Å². The van der Waals surface area contributed by atoms with E-state index in [9.17, 15) is 4.39 Å². The largest absolute Gasteiger partial charge is 0.489 e. The molecule has 1 heterocycles. The summed E-state index contributed by atoms with van der Waals surface area (Å²) in [5.74, 6) is 3.85. The maximum absolute atomic E-state index is 14.1. The third kappa shape index (κ3) is 5.46. The normalized spacial score (nSPS) is 11.3. The minimum absolute atomic E-state index is 0.0202. The van der Waals surface area contributed by atoms with Gasteiger partial charge in [-0.25, -0.2) is 4.39 Å². The molecule has 7 heteroatoms. The molecule has 1 aromatic heterocycles. The SMILES string of the molecule is CC(C)Oc1ccc(-c2noc(-c3ccc(F)c(C#C[Si](C)(C)C)c3)n2)cc1Cl. The molecule has 0 atom stereocenters. The van der Waals surface area contributed by atoms with Gasteiger partial charge in [-0.3, -0.25) is 0 Å². The Labute approximate surface area is 176 Å². The van der Waals surface area contributed by atoms with Crippen molar-refractivity contribution in [1.82, 2.24) is 10.1 Å². The van der Waals surface area contributed by atoms with Crippen LogP contribution in [0.3, 0.4) is 0 Å². The van der Waals surface area contributed by atoms with Gasteiger partial charge in [-0.2, -0.15) is 4.98 Å². The Bertz CT molecular complexity index is 1090. The van der Waals surface area contributed by atoms with Crippen LogP contribution < -0.4 is 4.74 Å². The average molecular weight is 429 g/mol. The van der Waals surface area contributed by atoms with Crippen LogP contribution in [-0.4, -0.2) is 24.3 Å². The van der Waals surface area contributed by atoms with Crippen molar-refractivity contribution < 1.29 is 13.7 Å². The first-order valence-electron chi connectivity index (χ1n) is 9.26. The number of aromatic nitrogens is 2. The van der Waals surface area contributed by atoms with Crippen LogP contribution in [-0.2, 0) is 0 Å². The number of ether oxygens (including phenoxy) is 1. The molecule has 0 radical (unpaired) electrons. The van der Waals surface area contributed by atoms with Gasteiger partial charge in [-0.15, -0.1) is 5.54 Å². The number of hydrogen-bond donors (Lipinski definition) is 0. The van der Waals surface area contributed by atoms with Crippen LogP contribution in [0.2, 0.25) is 24.7 Å². The molecule has 0 aliphatic heterocycles. The fourth-order valence-electron chi connectivity index (χ4n) is 2.46. The lowest BCUT2D eigenvalue weighted by Gasteiger charge is -2.11. The number of halogens is 2. The van der Waals surface area contributed by atoms with E-state index in [2.05, 4.69) is 41.2 Å². The van der Waals surface area contributed by atoms with Crippen molar-refractivity contribution in [2.24, 2.45) is 0 Å². The zero-order chi connectivity index (χ0) is 21.2. The van der Waals surface area contributed by atoms with E-state index in [1.165, 1.54) is 6.07 Å². The van der Waals surface area contributed by atoms with Gasteiger partial charge in [0.05, 0.1) is 16.7 Å². The predicted octanol–water partition coefficient (Wildman–Crippen LogP) is 6.21. The summed E-state index contributed by atoms with van der Waals surface area (Å²) in [4.78, 5) is 4.42. The maximum atomic E-state index is 14.1. The molecular formula is C22H22ClFN2O2Si. The second kappa shape index (κ2) is 8.40. The Morgan fingerprint density at radius 3 is 2.48 bits per heavy atom. The van der Waals surface area contributed by atoms with Gasteiger partial charge in [0.2, 0.25) is 5.82 Å². The third-order valence-corrected chi connectivity index (χ3v) is 4.93. The summed E-state index contributed by atoms with van der Waals surface area (Å²) in [7, 11) is -1.62. The quantitative estimate of drug-likeness (QED) is 0.366. The zero-order valence-electron chi connectivity index (χ0n) is 17.0. The van der Waals surface area contributed by atoms with Crippen molar-refractivity contribution >= 4 is 19.7 Å². The minimum atomic E-state index is -1.62. The second-order valence-corrected chi connectivity index (χ2v) is 13.1. The highest BCUT2D eigenvalue weighted by Crippen LogP contribution is 2.31. The number of rotatable bonds is 4. The zero-order valence-corrected chi connectivity index (χ0v) is 18.8. The standard InChI is InChI=1S/C22H22ClFN2O2Si/c1-14(2)27-20-9-7-16(13-18(20)23)21-25-22(28-26-21)17-6-8-19(24)15(12-17)10-11-29(3,4)5/h6-9,12-14H,1-5H3. The van der Waals surface area contributed by atoms with E-state index >= 15 is 0 Å². The fourth-order valence-corrected chi connectivity index (χ4v) is 3.19. The summed E-state index contributed by atoms with van der Waals surface area (Å²) in [5, 5.41) is 4.49. The van der Waals surface area contributed by atoms with Crippen molar-refractivity contribution in [3.63, 3.8) is 0 Å². The van der Waals surface area contributed by atoms with Crippen LogP contribution in [0.5, 0.6) is 5.75 Å². The van der Waals surface area contributed by atoms with Crippen molar-refractivity contribution in [1.29, 1.82) is 0 Å². The van der Waals surface area contributed by atoms with Crippen LogP contribution in [0.15, 0.2) is 40.9 Å². The molecule has 0 saturated heterocycles. The van der Waals surface area contributed by atoms with Crippen molar-refractivity contribution in [2.75, 3.05) is 0 Å². The number of benzene rings is 2. The first kappa shape index (κ1) is 21.1. The van der Waals surface area contributed by atoms with Crippen LogP contribution in [0.4, 0.5) is 4.39 Å². The molecule has 3 rings (SSSR count). The number of hydrogen-bond acceptors (Lipinski definition) is 4. The summed E-state index contributed by atoms with van der Waals surface area (Å²) < 4.78 is 25.1. The fraction of sp³-hybridized carbons (Fsp3) is 0.273. The lowest BCUT2D eigenvalue weighted by molar-refractivity contribution is 0.242. The molecule has 2 aromatic carbocycles. The Kier molecular flexibility index (Phi) is 6.11. The summed E-state index contributed by atoms with van der Waals surface area (Å²) >= 11 is 6.29. The summed E-state index contributed by atoms with van der Waals surface area (Å²) in [6.45, 7) is 10.2. The molecule has 150 valence electrons. The van der Waals surface area contributed by atoms with E-state index in [-0.39, 0.29) is 17.8 Å². The second-order valence-electron chi connectivity index (χ2n) is 7.93. The van der Waals surface area contributed by atoms with Gasteiger partial charge >= 0.3 is 0 Å². The van der Waals surface area contributed by atoms with Crippen molar-refractivity contribution in [2.45, 2.75) is 39.6 Å². The molecule has 4 nitrogen and oxygen atoms in total. The molecular weight excluding hydrogens is 407 g/mol. The lowest BCUT2D eigenvalue weighted by Crippen LogP contribution is -2.16. The average Bonchev–Trinajstić information content (AvgIpc) is 3.12. The predicted molar refractivity (Wildman–Crippen MR) is 116 cm³/mol. The van der Waals surface area contributed by atoms with E-state index < -0.39 is 8.07 Å². The molecule has 0 bridgehead atoms. The van der Waals surface area contributed by atoms with E-state index in [4.69, 9.17) is 20.9 Å².